The quantitative estimate of drug-likeness (QED) is 0.762. The minimum Gasteiger partial charge on any atom is -0.399 e. The Morgan fingerprint density at radius 1 is 1.21 bits per heavy atom. The third-order valence-electron chi connectivity index (χ3n) is 3.97. The maximum atomic E-state index is 9.26. The fourth-order valence-electron chi connectivity index (χ4n) is 2.08. The molecule has 0 spiro atoms. The highest BCUT2D eigenvalue weighted by Crippen LogP contribution is 2.37. The van der Waals surface area contributed by atoms with E-state index in [9.17, 15) is 5.26 Å². The number of nitrogens with zero attached hydrogens (tertiary/aromatic N) is 1. The Labute approximate surface area is 115 Å². The first-order valence-electron chi connectivity index (χ1n) is 6.33. The molecule has 4 heteroatoms. The van der Waals surface area contributed by atoms with Crippen LogP contribution in [0, 0.1) is 11.3 Å². The smallest absolute Gasteiger partial charge is 0.399 e. The molecule has 19 heavy (non-hydrogen) atoms. The van der Waals surface area contributed by atoms with Crippen molar-refractivity contribution in [1.82, 2.24) is 0 Å². The zero-order valence-electron chi connectivity index (χ0n) is 11.9. The van der Waals surface area contributed by atoms with Gasteiger partial charge in [0.2, 0.25) is 0 Å². The summed E-state index contributed by atoms with van der Waals surface area (Å²) in [6, 6.07) is 7.71. The zero-order chi connectivity index (χ0) is 14.3. The third kappa shape index (κ3) is 2.20. The van der Waals surface area contributed by atoms with E-state index in [-0.39, 0.29) is 0 Å². The molecule has 1 aromatic carbocycles. The van der Waals surface area contributed by atoms with Gasteiger partial charge in [0.1, 0.15) is 0 Å². The van der Waals surface area contributed by atoms with Crippen LogP contribution in [0.5, 0.6) is 0 Å². The van der Waals surface area contributed by atoms with Crippen LogP contribution in [-0.4, -0.2) is 18.3 Å². The topological polar surface area (TPSA) is 42.2 Å². The van der Waals surface area contributed by atoms with Gasteiger partial charge in [0.05, 0.1) is 22.8 Å². The van der Waals surface area contributed by atoms with E-state index in [0.717, 1.165) is 11.0 Å². The lowest BCUT2D eigenvalue weighted by atomic mass is 9.73. The van der Waals surface area contributed by atoms with Crippen LogP contribution in [0.4, 0.5) is 0 Å². The van der Waals surface area contributed by atoms with Gasteiger partial charge in [-0.05, 0) is 39.3 Å². The van der Waals surface area contributed by atoms with Crippen molar-refractivity contribution >= 4 is 18.7 Å². The van der Waals surface area contributed by atoms with E-state index < -0.39 is 18.3 Å². The molecule has 1 heterocycles. The van der Waals surface area contributed by atoms with Crippen molar-refractivity contribution in [3.8, 4) is 6.07 Å². The highest BCUT2D eigenvalue weighted by Gasteiger charge is 2.52. The average molecular weight is 255 g/mol. The largest absolute Gasteiger partial charge is 0.496 e. The maximum absolute atomic E-state index is 9.26. The van der Waals surface area contributed by atoms with Crippen molar-refractivity contribution in [2.75, 3.05) is 0 Å². The molecule has 0 atom stereocenters. The summed E-state index contributed by atoms with van der Waals surface area (Å²) >= 11 is 0. The summed E-state index contributed by atoms with van der Waals surface area (Å²) in [5, 5.41) is 9.26. The summed E-state index contributed by atoms with van der Waals surface area (Å²) in [6.07, 6.45) is 1.72. The maximum Gasteiger partial charge on any atom is 0.496 e. The predicted octanol–water partition coefficient (Wildman–Crippen LogP) is 2.50. The van der Waals surface area contributed by atoms with E-state index in [4.69, 9.17) is 9.31 Å². The second-order valence-electron chi connectivity index (χ2n) is 5.71. The normalized spacial score (nSPS) is 20.1. The summed E-state index contributed by atoms with van der Waals surface area (Å²) in [7, 11) is -0.533. The standard InChI is InChI=1S/C15H18BNO2/c1-6-11-8-7-9-12(10-17)13(11)16-18-14(2,3)15(4,5)19-16/h6-9H,1H2,2-5H3. The Bertz CT molecular complexity index is 542. The van der Waals surface area contributed by atoms with Gasteiger partial charge in [-0.25, -0.2) is 0 Å². The van der Waals surface area contributed by atoms with Crippen molar-refractivity contribution in [2.45, 2.75) is 38.9 Å². The molecule has 0 saturated carbocycles. The lowest BCUT2D eigenvalue weighted by Gasteiger charge is -2.32. The third-order valence-corrected chi connectivity index (χ3v) is 3.97. The molecule has 0 bridgehead atoms. The van der Waals surface area contributed by atoms with Gasteiger partial charge < -0.3 is 9.31 Å². The second-order valence-corrected chi connectivity index (χ2v) is 5.71. The number of hydrogen-bond donors (Lipinski definition) is 0. The first-order chi connectivity index (χ1) is 8.82. The molecule has 0 aromatic heterocycles. The van der Waals surface area contributed by atoms with E-state index in [1.54, 1.807) is 12.1 Å². The fraction of sp³-hybridized carbons (Fsp3) is 0.400. The lowest BCUT2D eigenvalue weighted by Crippen LogP contribution is -2.41. The highest BCUT2D eigenvalue weighted by atomic mass is 16.7. The first kappa shape index (κ1) is 13.9. The summed E-state index contributed by atoms with van der Waals surface area (Å²) in [5.41, 5.74) is 1.37. The Hall–Kier alpha value is -1.57. The van der Waals surface area contributed by atoms with Crippen molar-refractivity contribution in [3.05, 3.63) is 35.9 Å². The Morgan fingerprint density at radius 2 is 1.79 bits per heavy atom. The Kier molecular flexibility index (Phi) is 3.30. The molecule has 1 aliphatic rings. The number of rotatable bonds is 2. The van der Waals surface area contributed by atoms with E-state index in [0.29, 0.717) is 5.56 Å². The Balaban J connectivity index is 2.51. The second kappa shape index (κ2) is 4.52. The molecule has 2 rings (SSSR count). The molecule has 3 nitrogen and oxygen atoms in total. The average Bonchev–Trinajstić information content (AvgIpc) is 2.57. The molecule has 1 fully saturated rings. The minimum absolute atomic E-state index is 0.418. The molecular weight excluding hydrogens is 237 g/mol. The first-order valence-corrected chi connectivity index (χ1v) is 6.33. The molecule has 1 saturated heterocycles. The predicted molar refractivity (Wildman–Crippen MR) is 77.0 cm³/mol. The molecule has 1 aliphatic heterocycles. The molecule has 0 amide bonds. The van der Waals surface area contributed by atoms with Crippen LogP contribution in [0.25, 0.3) is 6.08 Å². The molecule has 0 aliphatic carbocycles. The van der Waals surface area contributed by atoms with E-state index in [1.807, 2.05) is 39.8 Å². The number of hydrogen-bond acceptors (Lipinski definition) is 3. The van der Waals surface area contributed by atoms with Gasteiger partial charge >= 0.3 is 7.12 Å². The van der Waals surface area contributed by atoms with Gasteiger partial charge in [-0.15, -0.1) is 0 Å². The van der Waals surface area contributed by atoms with Gasteiger partial charge in [0.15, 0.2) is 0 Å². The van der Waals surface area contributed by atoms with Crippen molar-refractivity contribution in [2.24, 2.45) is 0 Å². The molecule has 98 valence electrons. The van der Waals surface area contributed by atoms with Crippen LogP contribution in [0.3, 0.4) is 0 Å². The minimum atomic E-state index is -0.533. The summed E-state index contributed by atoms with van der Waals surface area (Å²) in [5.74, 6) is 0. The van der Waals surface area contributed by atoms with Crippen LogP contribution >= 0.6 is 0 Å². The van der Waals surface area contributed by atoms with E-state index >= 15 is 0 Å². The molecule has 1 aromatic rings. The van der Waals surface area contributed by atoms with E-state index in [1.165, 1.54) is 0 Å². The van der Waals surface area contributed by atoms with E-state index in [2.05, 4.69) is 12.6 Å². The van der Waals surface area contributed by atoms with Crippen molar-refractivity contribution < 1.29 is 9.31 Å². The summed E-state index contributed by atoms with van der Waals surface area (Å²) < 4.78 is 12.0. The molecule has 0 N–H and O–H groups in total. The van der Waals surface area contributed by atoms with Gasteiger partial charge in [-0.2, -0.15) is 5.26 Å². The number of nitriles is 1. The van der Waals surface area contributed by atoms with Crippen molar-refractivity contribution in [3.63, 3.8) is 0 Å². The lowest BCUT2D eigenvalue weighted by molar-refractivity contribution is 0.00578. The molecular formula is C15H18BNO2. The SMILES string of the molecule is C=Cc1cccc(C#N)c1B1OC(C)(C)C(C)(C)O1. The van der Waals surface area contributed by atoms with Gasteiger partial charge in [-0.1, -0.05) is 24.8 Å². The van der Waals surface area contributed by atoms with Gasteiger partial charge in [-0.3, -0.25) is 0 Å². The fourth-order valence-corrected chi connectivity index (χ4v) is 2.08. The monoisotopic (exact) mass is 255 g/mol. The van der Waals surface area contributed by atoms with Gasteiger partial charge in [0, 0.05) is 5.46 Å². The van der Waals surface area contributed by atoms with Crippen LogP contribution in [-0.2, 0) is 9.31 Å². The Morgan fingerprint density at radius 3 is 2.26 bits per heavy atom. The molecule has 0 unspecified atom stereocenters. The van der Waals surface area contributed by atoms with Crippen LogP contribution < -0.4 is 5.46 Å². The summed E-state index contributed by atoms with van der Waals surface area (Å²) in [4.78, 5) is 0. The van der Waals surface area contributed by atoms with Gasteiger partial charge in [0.25, 0.3) is 0 Å². The molecule has 0 radical (unpaired) electrons. The highest BCUT2D eigenvalue weighted by molar-refractivity contribution is 6.63. The number of benzene rings is 1. The zero-order valence-corrected chi connectivity index (χ0v) is 11.9. The summed E-state index contributed by atoms with van der Waals surface area (Å²) in [6.45, 7) is 11.8. The van der Waals surface area contributed by atoms with Crippen molar-refractivity contribution in [1.29, 1.82) is 5.26 Å². The van der Waals surface area contributed by atoms with Crippen LogP contribution in [0.2, 0.25) is 0 Å². The van der Waals surface area contributed by atoms with Crippen LogP contribution in [0.1, 0.15) is 38.8 Å². The van der Waals surface area contributed by atoms with Crippen LogP contribution in [0.15, 0.2) is 24.8 Å².